The molecule has 0 spiro atoms. The third-order valence-electron chi connectivity index (χ3n) is 8.84. The second kappa shape index (κ2) is 14.0. The van der Waals surface area contributed by atoms with E-state index in [9.17, 15) is 0 Å². The Morgan fingerprint density at radius 1 is 1.11 bits per heavy atom. The molecule has 4 heterocycles. The molecule has 2 saturated heterocycles. The Labute approximate surface area is 275 Å². The van der Waals surface area contributed by atoms with Crippen molar-refractivity contribution in [1.82, 2.24) is 14.9 Å². The summed E-state index contributed by atoms with van der Waals surface area (Å²) in [6.07, 6.45) is 5.60. The smallest absolute Gasteiger partial charge is 0.229 e. The number of anilines is 5. The van der Waals surface area contributed by atoms with E-state index in [1.165, 1.54) is 11.3 Å². The van der Waals surface area contributed by atoms with E-state index in [0.717, 1.165) is 83.8 Å². The molecule has 0 amide bonds. The third-order valence-corrected chi connectivity index (χ3v) is 10.8. The first-order chi connectivity index (χ1) is 21.9. The average Bonchev–Trinajstić information content (AvgIpc) is 3.03. The lowest BCUT2D eigenvalue weighted by molar-refractivity contribution is 0.0435. The molecule has 2 N–H and O–H groups in total. The largest absolute Gasteiger partial charge is 0.494 e. The topological polar surface area (TPSA) is 108 Å². The number of nitrogens with zero attached hydrogens (tertiary/aromatic N) is 5. The van der Waals surface area contributed by atoms with E-state index in [0.29, 0.717) is 43.4 Å². The second-order valence-corrected chi connectivity index (χ2v) is 15.0. The predicted octanol–water partition coefficient (Wildman–Crippen LogP) is 6.25. The first-order valence-corrected chi connectivity index (χ1v) is 18.6. The van der Waals surface area contributed by atoms with Crippen molar-refractivity contribution < 1.29 is 14.2 Å². The Morgan fingerprint density at radius 2 is 1.89 bits per heavy atom. The fourth-order valence-electron chi connectivity index (χ4n) is 6.51. The minimum atomic E-state index is -0.488. The monoisotopic (exact) mass is 693 g/mol. The molecule has 3 aromatic rings. The Kier molecular flexibility index (Phi) is 9.84. The molecular weight excluding hydrogens is 653 g/mol. The highest BCUT2D eigenvalue weighted by Gasteiger charge is 2.34. The van der Waals surface area contributed by atoms with E-state index in [-0.39, 0.29) is 0 Å². The van der Waals surface area contributed by atoms with Gasteiger partial charge in [-0.15, -0.1) is 0 Å². The van der Waals surface area contributed by atoms with Gasteiger partial charge in [-0.25, -0.2) is 4.98 Å². The lowest BCUT2D eigenvalue weighted by atomic mass is 9.91. The molecule has 6 rings (SSSR count). The summed E-state index contributed by atoms with van der Waals surface area (Å²) in [7, 11) is 1.22. The van der Waals surface area contributed by atoms with Gasteiger partial charge in [-0.1, -0.05) is 14.8 Å². The van der Waals surface area contributed by atoms with Crippen LogP contribution in [0, 0.1) is 17.2 Å². The van der Waals surface area contributed by atoms with Gasteiger partial charge < -0.3 is 29.7 Å². The van der Waals surface area contributed by atoms with Crippen LogP contribution in [0.5, 0.6) is 17.2 Å². The number of aryl methyl sites for hydroxylation is 1. The van der Waals surface area contributed by atoms with E-state index < -0.39 is 7.92 Å². The number of piperidine rings is 1. The summed E-state index contributed by atoms with van der Waals surface area (Å²) in [5, 5.41) is 17.0. The molecular formula is C33H41BrN7O3P. The number of hydrogen-bond acceptors (Lipinski definition) is 10. The number of benzene rings is 2. The molecule has 12 heteroatoms. The molecule has 238 valence electrons. The molecule has 0 unspecified atom stereocenters. The van der Waals surface area contributed by atoms with Gasteiger partial charge in [0.25, 0.3) is 0 Å². The van der Waals surface area contributed by atoms with E-state index >= 15 is 0 Å². The summed E-state index contributed by atoms with van der Waals surface area (Å²) in [4.78, 5) is 14.5. The summed E-state index contributed by atoms with van der Waals surface area (Å²) >= 11 is 3.63. The van der Waals surface area contributed by atoms with Gasteiger partial charge in [-0.05, 0) is 78.2 Å². The Bertz CT molecular complexity index is 1570. The first kappa shape index (κ1) is 31.7. The Balaban J connectivity index is 1.19. The van der Waals surface area contributed by atoms with Gasteiger partial charge in [0, 0.05) is 61.9 Å². The van der Waals surface area contributed by atoms with Gasteiger partial charge in [0.1, 0.15) is 24.8 Å². The molecule has 2 aromatic carbocycles. The summed E-state index contributed by atoms with van der Waals surface area (Å²) in [6.45, 7) is 11.9. The van der Waals surface area contributed by atoms with Crippen molar-refractivity contribution in [2.24, 2.45) is 5.92 Å². The Hall–Kier alpha value is -3.32. The van der Waals surface area contributed by atoms with Crippen LogP contribution >= 0.6 is 23.9 Å². The maximum absolute atomic E-state index is 8.98. The number of aromatic nitrogens is 2. The highest BCUT2D eigenvalue weighted by Crippen LogP contribution is 2.42. The van der Waals surface area contributed by atoms with Crippen LogP contribution in [0.3, 0.4) is 0 Å². The number of nitriles is 1. The van der Waals surface area contributed by atoms with E-state index in [2.05, 4.69) is 79.8 Å². The molecule has 0 aliphatic carbocycles. The number of halogens is 1. The van der Waals surface area contributed by atoms with Gasteiger partial charge >= 0.3 is 0 Å². The maximum atomic E-state index is 8.98. The minimum Gasteiger partial charge on any atom is -0.494 e. The first-order valence-electron chi connectivity index (χ1n) is 15.6. The fourth-order valence-corrected chi connectivity index (χ4v) is 7.99. The molecule has 0 bridgehead atoms. The molecule has 3 aliphatic rings. The van der Waals surface area contributed by atoms with Crippen molar-refractivity contribution in [3.05, 3.63) is 40.5 Å². The van der Waals surface area contributed by atoms with Crippen LogP contribution in [0.2, 0.25) is 0 Å². The zero-order chi connectivity index (χ0) is 31.5. The molecule has 1 aromatic heterocycles. The van der Waals surface area contributed by atoms with Crippen molar-refractivity contribution in [2.75, 3.05) is 75.4 Å². The van der Waals surface area contributed by atoms with E-state index in [1.54, 1.807) is 13.3 Å². The van der Waals surface area contributed by atoms with E-state index in [4.69, 9.17) is 24.5 Å². The predicted molar refractivity (Wildman–Crippen MR) is 185 cm³/mol. The zero-order valence-corrected chi connectivity index (χ0v) is 28.9. The van der Waals surface area contributed by atoms with Crippen molar-refractivity contribution in [3.63, 3.8) is 0 Å². The van der Waals surface area contributed by atoms with Gasteiger partial charge in [0.15, 0.2) is 11.5 Å². The summed E-state index contributed by atoms with van der Waals surface area (Å²) in [5.74, 6) is 4.03. The van der Waals surface area contributed by atoms with Crippen LogP contribution in [-0.4, -0.2) is 80.7 Å². The molecule has 0 saturated carbocycles. The lowest BCUT2D eigenvalue weighted by Crippen LogP contribution is -2.55. The summed E-state index contributed by atoms with van der Waals surface area (Å²) in [6, 6.07) is 11.2. The normalized spacial score (nSPS) is 17.1. The molecule has 2 fully saturated rings. The quantitative estimate of drug-likeness (QED) is 0.237. The maximum Gasteiger partial charge on any atom is 0.229 e. The number of likely N-dealkylation sites (tertiary alicyclic amines) is 1. The van der Waals surface area contributed by atoms with E-state index in [1.807, 2.05) is 12.1 Å². The fraction of sp³-hybridized carbons (Fsp3) is 0.485. The average molecular weight is 695 g/mol. The number of hydrogen-bond donors (Lipinski definition) is 2. The van der Waals surface area contributed by atoms with Crippen LogP contribution < -0.4 is 35.0 Å². The highest BCUT2D eigenvalue weighted by molar-refractivity contribution is 9.10. The van der Waals surface area contributed by atoms with Gasteiger partial charge in [0.2, 0.25) is 5.95 Å². The lowest BCUT2D eigenvalue weighted by Gasteiger charge is -2.47. The second-order valence-electron chi connectivity index (χ2n) is 12.0. The number of rotatable bonds is 10. The van der Waals surface area contributed by atoms with Crippen molar-refractivity contribution in [1.29, 1.82) is 5.26 Å². The number of nitrogens with one attached hydrogen (secondary N) is 2. The number of ether oxygens (including phenoxy) is 3. The highest BCUT2D eigenvalue weighted by atomic mass is 79.9. The SMILES string of the molecule is CCc1cc(Nc2ncc(Br)c(Nc3ccc4c(c3P(C)C)OCCO4)n2)c(OC)cc1N1CCC(N2CC(CC#N)C2)CC1. The number of fused-ring (bicyclic) bond motifs is 1. The van der Waals surface area contributed by atoms with Gasteiger partial charge in [-0.2, -0.15) is 10.2 Å². The molecule has 45 heavy (non-hydrogen) atoms. The van der Waals surface area contributed by atoms with Crippen LogP contribution in [0.1, 0.15) is 31.7 Å². The van der Waals surface area contributed by atoms with Crippen LogP contribution in [-0.2, 0) is 6.42 Å². The van der Waals surface area contributed by atoms with Crippen LogP contribution in [0.4, 0.5) is 28.8 Å². The van der Waals surface area contributed by atoms with Gasteiger partial charge in [-0.3, -0.25) is 4.90 Å². The third kappa shape index (κ3) is 6.79. The van der Waals surface area contributed by atoms with Crippen LogP contribution in [0.15, 0.2) is 34.9 Å². The molecule has 0 atom stereocenters. The van der Waals surface area contributed by atoms with Crippen molar-refractivity contribution >= 4 is 58.0 Å². The van der Waals surface area contributed by atoms with Crippen molar-refractivity contribution in [3.8, 4) is 23.3 Å². The molecule has 10 nitrogen and oxygen atoms in total. The van der Waals surface area contributed by atoms with Crippen LogP contribution in [0.25, 0.3) is 0 Å². The summed E-state index contributed by atoms with van der Waals surface area (Å²) < 4.78 is 18.5. The van der Waals surface area contributed by atoms with Crippen molar-refractivity contribution in [2.45, 2.75) is 38.6 Å². The standard InChI is InChI=1S/C33H41BrN7O3P/c1-5-22-16-26(29(42-2)17-27(22)40-12-9-23(10-13-40)41-19-21(20-41)8-11-35)38-33-36-18-24(34)32(39-33)37-25-6-7-28-30(31(25)45(3)4)44-15-14-43-28/h6-7,16-18,21,23H,5,8-10,12-15,19-20H2,1-4H3,(H2,36,37,38,39). The molecule has 3 aliphatic heterocycles. The number of methoxy groups -OCH3 is 1. The molecule has 0 radical (unpaired) electrons. The summed E-state index contributed by atoms with van der Waals surface area (Å²) in [5.41, 5.74) is 4.25. The Morgan fingerprint density at radius 3 is 2.60 bits per heavy atom. The zero-order valence-electron chi connectivity index (χ0n) is 26.4. The minimum absolute atomic E-state index is 0.466. The van der Waals surface area contributed by atoms with Gasteiger partial charge in [0.05, 0.1) is 29.0 Å².